The normalized spacial score (nSPS) is 22.3. The van der Waals surface area contributed by atoms with Crippen molar-refractivity contribution in [3.63, 3.8) is 0 Å². The van der Waals surface area contributed by atoms with Crippen LogP contribution in [0.1, 0.15) is 25.7 Å². The van der Waals surface area contributed by atoms with Crippen LogP contribution >= 0.6 is 0 Å². The monoisotopic (exact) mass is 282 g/mol. The van der Waals surface area contributed by atoms with Crippen molar-refractivity contribution < 1.29 is 23.5 Å². The first-order valence-electron chi connectivity index (χ1n) is 6.46. The van der Waals surface area contributed by atoms with Gasteiger partial charge >= 0.3 is 0 Å². The van der Waals surface area contributed by atoms with E-state index in [1.807, 2.05) is 0 Å². The van der Waals surface area contributed by atoms with E-state index in [1.165, 1.54) is 0 Å². The number of benzene rings is 1. The molecule has 0 heterocycles. The lowest BCUT2D eigenvalue weighted by molar-refractivity contribution is -0.313. The smallest absolute Gasteiger partial charge is 0.228 e. The van der Waals surface area contributed by atoms with Crippen molar-refractivity contribution >= 4 is 17.6 Å². The molecule has 2 rings (SSSR count). The van der Waals surface area contributed by atoms with Gasteiger partial charge in [0, 0.05) is 23.9 Å². The number of carbonyl (C=O) groups excluding carboxylic acids is 2. The van der Waals surface area contributed by atoms with Crippen LogP contribution in [0.4, 0.5) is 14.5 Å². The molecule has 1 N–H and O–H groups in total. The van der Waals surface area contributed by atoms with Gasteiger partial charge in [-0.05, 0) is 25.0 Å². The number of rotatable bonds is 3. The lowest BCUT2D eigenvalue weighted by Gasteiger charge is -2.31. The average Bonchev–Trinajstić information content (AvgIpc) is 2.41. The first kappa shape index (κ1) is 14.4. The molecule has 1 aliphatic rings. The number of hydrogen-bond acceptors (Lipinski definition) is 3. The zero-order chi connectivity index (χ0) is 14.7. The highest BCUT2D eigenvalue weighted by Crippen LogP contribution is 2.31. The van der Waals surface area contributed by atoms with Crippen LogP contribution in [0.5, 0.6) is 0 Å². The summed E-state index contributed by atoms with van der Waals surface area (Å²) in [5, 5.41) is 13.3. The maximum Gasteiger partial charge on any atom is 0.228 e. The van der Waals surface area contributed by atoms with E-state index in [1.54, 1.807) is 0 Å². The molecule has 1 saturated carbocycles. The number of carboxylic acid groups (broad SMARTS) is 1. The van der Waals surface area contributed by atoms with E-state index in [0.717, 1.165) is 25.0 Å². The van der Waals surface area contributed by atoms with Crippen LogP contribution in [-0.2, 0) is 9.59 Å². The van der Waals surface area contributed by atoms with Gasteiger partial charge in [0.15, 0.2) is 0 Å². The zero-order valence-electron chi connectivity index (χ0n) is 10.7. The molecule has 2 unspecified atom stereocenters. The van der Waals surface area contributed by atoms with Crippen molar-refractivity contribution in [3.05, 3.63) is 29.8 Å². The lowest BCUT2D eigenvalue weighted by Crippen LogP contribution is -2.42. The second-order valence-electron chi connectivity index (χ2n) is 4.93. The fraction of sp³-hybridized carbons (Fsp3) is 0.429. The van der Waals surface area contributed by atoms with Gasteiger partial charge in [0.25, 0.3) is 0 Å². The van der Waals surface area contributed by atoms with Gasteiger partial charge in [0.05, 0.1) is 5.69 Å². The average molecular weight is 282 g/mol. The van der Waals surface area contributed by atoms with Gasteiger partial charge < -0.3 is 15.2 Å². The Morgan fingerprint density at radius 2 is 1.80 bits per heavy atom. The van der Waals surface area contributed by atoms with Crippen LogP contribution < -0.4 is 10.4 Å². The summed E-state index contributed by atoms with van der Waals surface area (Å²) in [4.78, 5) is 23.1. The molecule has 2 atom stereocenters. The summed E-state index contributed by atoms with van der Waals surface area (Å²) >= 11 is 0. The van der Waals surface area contributed by atoms with Gasteiger partial charge in [-0.3, -0.25) is 4.79 Å². The Balaban J connectivity index is 2.12. The summed E-state index contributed by atoms with van der Waals surface area (Å²) in [5.41, 5.74) is -0.154. The number of anilines is 1. The Hall–Kier alpha value is -1.98. The molecule has 1 aromatic carbocycles. The molecule has 20 heavy (non-hydrogen) atoms. The summed E-state index contributed by atoms with van der Waals surface area (Å²) in [6.07, 6.45) is 2.28. The van der Waals surface area contributed by atoms with Crippen molar-refractivity contribution in [2.24, 2.45) is 11.8 Å². The number of hydrogen-bond donors (Lipinski definition) is 1. The van der Waals surface area contributed by atoms with Gasteiger partial charge in [0.2, 0.25) is 5.91 Å². The van der Waals surface area contributed by atoms with E-state index in [0.29, 0.717) is 18.9 Å². The Labute approximate surface area is 114 Å². The third kappa shape index (κ3) is 3.12. The third-order valence-electron chi connectivity index (χ3n) is 3.59. The van der Waals surface area contributed by atoms with Gasteiger partial charge in [-0.1, -0.05) is 12.8 Å². The lowest BCUT2D eigenvalue weighted by atomic mass is 9.78. The summed E-state index contributed by atoms with van der Waals surface area (Å²) in [6, 6.07) is 2.79. The number of amides is 1. The largest absolute Gasteiger partial charge is 0.550 e. The minimum absolute atomic E-state index is 0.154. The molecule has 0 bridgehead atoms. The van der Waals surface area contributed by atoms with Gasteiger partial charge in [0.1, 0.15) is 11.6 Å². The molecule has 4 nitrogen and oxygen atoms in total. The fourth-order valence-corrected chi connectivity index (χ4v) is 2.54. The minimum atomic E-state index is -1.26. The van der Waals surface area contributed by atoms with Crippen molar-refractivity contribution in [2.45, 2.75) is 25.7 Å². The highest BCUT2D eigenvalue weighted by atomic mass is 19.1. The fourth-order valence-electron chi connectivity index (χ4n) is 2.54. The van der Waals surface area contributed by atoms with Crippen molar-refractivity contribution in [3.8, 4) is 0 Å². The Kier molecular flexibility index (Phi) is 4.32. The Morgan fingerprint density at radius 1 is 1.15 bits per heavy atom. The first-order valence-corrected chi connectivity index (χ1v) is 6.46. The van der Waals surface area contributed by atoms with E-state index in [2.05, 4.69) is 5.32 Å². The second-order valence-corrected chi connectivity index (χ2v) is 4.93. The molecular formula is C14H14F2NO3-. The Morgan fingerprint density at radius 3 is 2.40 bits per heavy atom. The molecule has 0 aromatic heterocycles. The molecular weight excluding hydrogens is 268 g/mol. The van der Waals surface area contributed by atoms with E-state index < -0.39 is 35.3 Å². The van der Waals surface area contributed by atoms with Crippen molar-refractivity contribution in [1.29, 1.82) is 0 Å². The number of carbonyl (C=O) groups is 2. The molecule has 1 aromatic rings. The first-order chi connectivity index (χ1) is 9.49. The summed E-state index contributed by atoms with van der Waals surface area (Å²) in [6.45, 7) is 0. The standard InChI is InChI=1S/C14H15F2NO3/c15-8-5-6-12(11(16)7-8)17-13(18)9-3-1-2-4-10(9)14(19)20/h5-7,9-10H,1-4H2,(H,17,18)(H,19,20)/p-1. The van der Waals surface area contributed by atoms with E-state index in [9.17, 15) is 23.5 Å². The number of halogens is 2. The summed E-state index contributed by atoms with van der Waals surface area (Å²) < 4.78 is 26.2. The SMILES string of the molecule is O=C([O-])C1CCCCC1C(=O)Nc1ccc(F)cc1F. The maximum absolute atomic E-state index is 13.5. The Bertz CT molecular complexity index is 533. The van der Waals surface area contributed by atoms with Crippen LogP contribution in [0.2, 0.25) is 0 Å². The summed E-state index contributed by atoms with van der Waals surface area (Å²) in [7, 11) is 0. The minimum Gasteiger partial charge on any atom is -0.550 e. The highest BCUT2D eigenvalue weighted by Gasteiger charge is 2.32. The maximum atomic E-state index is 13.5. The predicted molar refractivity (Wildman–Crippen MR) is 65.4 cm³/mol. The highest BCUT2D eigenvalue weighted by molar-refractivity contribution is 5.95. The number of nitrogens with one attached hydrogen (secondary N) is 1. The van der Waals surface area contributed by atoms with Crippen LogP contribution in [0, 0.1) is 23.5 Å². The molecule has 0 spiro atoms. The zero-order valence-corrected chi connectivity index (χ0v) is 10.7. The molecule has 0 saturated heterocycles. The molecule has 1 amide bonds. The predicted octanol–water partition coefficient (Wildman–Crippen LogP) is 1.46. The second kappa shape index (κ2) is 5.98. The van der Waals surface area contributed by atoms with E-state index in [-0.39, 0.29) is 5.69 Å². The van der Waals surface area contributed by atoms with E-state index in [4.69, 9.17) is 0 Å². The van der Waals surface area contributed by atoms with Gasteiger partial charge in [-0.15, -0.1) is 0 Å². The van der Waals surface area contributed by atoms with Gasteiger partial charge in [-0.2, -0.15) is 0 Å². The third-order valence-corrected chi connectivity index (χ3v) is 3.59. The molecule has 0 radical (unpaired) electrons. The quantitative estimate of drug-likeness (QED) is 0.912. The molecule has 1 aliphatic carbocycles. The van der Waals surface area contributed by atoms with Crippen LogP contribution in [-0.4, -0.2) is 11.9 Å². The van der Waals surface area contributed by atoms with E-state index >= 15 is 0 Å². The molecule has 108 valence electrons. The topological polar surface area (TPSA) is 69.2 Å². The van der Waals surface area contributed by atoms with Crippen molar-refractivity contribution in [2.75, 3.05) is 5.32 Å². The number of carboxylic acids is 1. The molecule has 6 heteroatoms. The molecule has 1 fully saturated rings. The van der Waals surface area contributed by atoms with Crippen LogP contribution in [0.15, 0.2) is 18.2 Å². The van der Waals surface area contributed by atoms with Crippen molar-refractivity contribution in [1.82, 2.24) is 0 Å². The van der Waals surface area contributed by atoms with Crippen LogP contribution in [0.25, 0.3) is 0 Å². The number of aliphatic carboxylic acids is 1. The molecule has 0 aliphatic heterocycles. The summed E-state index contributed by atoms with van der Waals surface area (Å²) in [5.74, 6) is -5.05. The van der Waals surface area contributed by atoms with Gasteiger partial charge in [-0.25, -0.2) is 8.78 Å². The van der Waals surface area contributed by atoms with Crippen LogP contribution in [0.3, 0.4) is 0 Å².